The van der Waals surface area contributed by atoms with Crippen molar-refractivity contribution in [3.63, 3.8) is 0 Å². The van der Waals surface area contributed by atoms with Crippen molar-refractivity contribution < 1.29 is 13.2 Å². The number of rotatable bonds is 6. The number of benzene rings is 1. The first-order valence-electron chi connectivity index (χ1n) is 11.0. The highest BCUT2D eigenvalue weighted by Gasteiger charge is 2.36. The van der Waals surface area contributed by atoms with E-state index in [1.807, 2.05) is 48.3 Å². The van der Waals surface area contributed by atoms with Crippen LogP contribution in [0.1, 0.15) is 25.2 Å². The molecule has 11 heteroatoms. The Hall–Kier alpha value is -1.63. The molecule has 2 aliphatic heterocycles. The lowest BCUT2D eigenvalue weighted by Crippen LogP contribution is -2.57. The number of morpholine rings is 1. The lowest BCUT2D eigenvalue weighted by atomic mass is 10.1. The van der Waals surface area contributed by atoms with Gasteiger partial charge in [-0.25, -0.2) is 4.68 Å². The molecule has 176 valence electrons. The van der Waals surface area contributed by atoms with Crippen LogP contribution in [-0.2, 0) is 35.1 Å². The minimum atomic E-state index is -3.48. The van der Waals surface area contributed by atoms with Gasteiger partial charge in [0.2, 0.25) is 0 Å². The number of aromatic nitrogens is 3. The summed E-state index contributed by atoms with van der Waals surface area (Å²) in [6.45, 7) is 7.39. The van der Waals surface area contributed by atoms with E-state index in [4.69, 9.17) is 22.1 Å². The highest BCUT2D eigenvalue weighted by atomic mass is 32.2. The molecule has 0 amide bonds. The first-order valence-corrected chi connectivity index (χ1v) is 12.8. The van der Waals surface area contributed by atoms with Gasteiger partial charge in [-0.15, -0.1) is 0 Å². The lowest BCUT2D eigenvalue weighted by molar-refractivity contribution is -0.0458. The van der Waals surface area contributed by atoms with Crippen LogP contribution in [-0.4, -0.2) is 87.8 Å². The van der Waals surface area contributed by atoms with Gasteiger partial charge in [-0.05, 0) is 31.6 Å². The summed E-state index contributed by atoms with van der Waals surface area (Å²) >= 11 is 5.60. The van der Waals surface area contributed by atoms with E-state index in [-0.39, 0.29) is 12.2 Å². The number of piperazine rings is 1. The van der Waals surface area contributed by atoms with Crippen LogP contribution in [0.25, 0.3) is 0 Å². The molecule has 0 aliphatic carbocycles. The Morgan fingerprint density at radius 1 is 1.03 bits per heavy atom. The van der Waals surface area contributed by atoms with E-state index in [1.54, 1.807) is 8.61 Å². The van der Waals surface area contributed by atoms with Gasteiger partial charge in [-0.2, -0.15) is 22.1 Å². The molecule has 0 bridgehead atoms. The predicted molar refractivity (Wildman–Crippen MR) is 125 cm³/mol. The third-order valence-electron chi connectivity index (χ3n) is 6.04. The lowest BCUT2D eigenvalue weighted by Gasteiger charge is -2.40. The largest absolute Gasteiger partial charge is 0.373 e. The molecule has 0 unspecified atom stereocenters. The second-order valence-electron chi connectivity index (χ2n) is 8.66. The maximum Gasteiger partial charge on any atom is 0.282 e. The Morgan fingerprint density at radius 2 is 1.66 bits per heavy atom. The number of nitrogens with zero attached hydrogens (tertiary/aromatic N) is 6. The molecule has 4 rings (SSSR count). The number of hydrogen-bond acceptors (Lipinski definition) is 6. The Kier molecular flexibility index (Phi) is 7.13. The molecule has 2 aromatic rings. The minimum absolute atomic E-state index is 0.0917. The normalized spacial score (nSPS) is 24.1. The summed E-state index contributed by atoms with van der Waals surface area (Å²) in [5, 5.41) is 4.74. The molecule has 2 atom stereocenters. The standard InChI is InChI=1S/C21H32N6O3S2/c1-17-14-26(15-18(2)30-17)32(28,29)25-11-9-24(10-12-25)16-27-21(31)23(3)20(22-27)13-19-7-5-4-6-8-19/h4-8,17-18H,9-16H2,1-3H3/t17-,18-/m1/s1. The Balaban J connectivity index is 1.37. The van der Waals surface area contributed by atoms with Gasteiger partial charge >= 0.3 is 0 Å². The molecule has 0 radical (unpaired) electrons. The molecule has 2 saturated heterocycles. The summed E-state index contributed by atoms with van der Waals surface area (Å²) < 4.78 is 39.5. The van der Waals surface area contributed by atoms with Gasteiger partial charge in [0.25, 0.3) is 10.2 Å². The van der Waals surface area contributed by atoms with Gasteiger partial charge in [0.15, 0.2) is 4.77 Å². The summed E-state index contributed by atoms with van der Waals surface area (Å²) in [6.07, 6.45) is 0.535. The fourth-order valence-corrected chi connectivity index (χ4v) is 6.28. The maximum atomic E-state index is 13.1. The molecule has 3 heterocycles. The second-order valence-corrected chi connectivity index (χ2v) is 11.0. The molecule has 32 heavy (non-hydrogen) atoms. The third kappa shape index (κ3) is 5.13. The summed E-state index contributed by atoms with van der Waals surface area (Å²) in [5.41, 5.74) is 1.19. The van der Waals surface area contributed by atoms with E-state index in [9.17, 15) is 8.42 Å². The Labute approximate surface area is 195 Å². The van der Waals surface area contributed by atoms with Crippen molar-refractivity contribution in [3.05, 3.63) is 46.5 Å². The first-order chi connectivity index (χ1) is 15.2. The molecule has 1 aromatic carbocycles. The molecule has 1 aromatic heterocycles. The number of hydrogen-bond donors (Lipinski definition) is 0. The smallest absolute Gasteiger partial charge is 0.282 e. The minimum Gasteiger partial charge on any atom is -0.373 e. The maximum absolute atomic E-state index is 13.1. The highest BCUT2D eigenvalue weighted by molar-refractivity contribution is 7.86. The zero-order valence-corrected chi connectivity index (χ0v) is 20.6. The van der Waals surface area contributed by atoms with Crippen LogP contribution in [0, 0.1) is 4.77 Å². The monoisotopic (exact) mass is 480 g/mol. The molecular weight excluding hydrogens is 448 g/mol. The van der Waals surface area contributed by atoms with E-state index in [0.717, 1.165) is 12.2 Å². The third-order valence-corrected chi connectivity index (χ3v) is 8.49. The van der Waals surface area contributed by atoms with Crippen LogP contribution < -0.4 is 0 Å². The van der Waals surface area contributed by atoms with Crippen molar-refractivity contribution in [3.8, 4) is 0 Å². The summed E-state index contributed by atoms with van der Waals surface area (Å²) in [4.78, 5) is 2.20. The Morgan fingerprint density at radius 3 is 2.28 bits per heavy atom. The van der Waals surface area contributed by atoms with Crippen molar-refractivity contribution in [1.29, 1.82) is 0 Å². The van der Waals surface area contributed by atoms with Crippen LogP contribution in [0.2, 0.25) is 0 Å². The van der Waals surface area contributed by atoms with E-state index < -0.39 is 10.2 Å². The summed E-state index contributed by atoms with van der Waals surface area (Å²) in [7, 11) is -1.54. The van der Waals surface area contributed by atoms with Crippen LogP contribution >= 0.6 is 12.2 Å². The van der Waals surface area contributed by atoms with E-state index in [2.05, 4.69) is 17.0 Å². The van der Waals surface area contributed by atoms with Crippen LogP contribution in [0.5, 0.6) is 0 Å². The molecular formula is C21H32N6O3S2. The molecule has 9 nitrogen and oxygen atoms in total. The van der Waals surface area contributed by atoms with Crippen LogP contribution in [0.4, 0.5) is 0 Å². The highest BCUT2D eigenvalue weighted by Crippen LogP contribution is 2.19. The first kappa shape index (κ1) is 23.5. The van der Waals surface area contributed by atoms with Gasteiger partial charge < -0.3 is 9.30 Å². The molecule has 2 aliphatic rings. The summed E-state index contributed by atoms with van der Waals surface area (Å²) in [6, 6.07) is 10.2. The Bertz CT molecular complexity index is 1070. The van der Waals surface area contributed by atoms with Gasteiger partial charge in [0.1, 0.15) is 5.82 Å². The summed E-state index contributed by atoms with van der Waals surface area (Å²) in [5.74, 6) is 0.915. The van der Waals surface area contributed by atoms with Crippen molar-refractivity contribution in [2.75, 3.05) is 39.3 Å². The SMILES string of the molecule is C[C@@H]1CN(S(=O)(=O)N2CCN(Cn3nc(Cc4ccccc4)n(C)c3=S)CC2)C[C@@H](C)O1. The van der Waals surface area contributed by atoms with Crippen molar-refractivity contribution in [1.82, 2.24) is 27.9 Å². The number of ether oxygens (including phenoxy) is 1. The second kappa shape index (κ2) is 9.70. The van der Waals surface area contributed by atoms with Gasteiger partial charge in [0, 0.05) is 52.7 Å². The van der Waals surface area contributed by atoms with E-state index in [0.29, 0.717) is 50.7 Å². The van der Waals surface area contributed by atoms with Crippen molar-refractivity contribution in [2.45, 2.75) is 39.1 Å². The molecule has 2 fully saturated rings. The zero-order chi connectivity index (χ0) is 22.9. The average Bonchev–Trinajstić information content (AvgIpc) is 3.02. The van der Waals surface area contributed by atoms with Gasteiger partial charge in [0.05, 0.1) is 18.9 Å². The van der Waals surface area contributed by atoms with Gasteiger partial charge in [-0.3, -0.25) is 4.90 Å². The van der Waals surface area contributed by atoms with Gasteiger partial charge in [-0.1, -0.05) is 30.3 Å². The fraction of sp³-hybridized carbons (Fsp3) is 0.619. The quantitative estimate of drug-likeness (QED) is 0.583. The molecule has 0 N–H and O–H groups in total. The fourth-order valence-electron chi connectivity index (χ4n) is 4.33. The molecule has 0 spiro atoms. The zero-order valence-electron chi connectivity index (χ0n) is 18.9. The predicted octanol–water partition coefficient (Wildman–Crippen LogP) is 1.47. The van der Waals surface area contributed by atoms with Crippen LogP contribution in [0.15, 0.2) is 30.3 Å². The van der Waals surface area contributed by atoms with Crippen LogP contribution in [0.3, 0.4) is 0 Å². The van der Waals surface area contributed by atoms with E-state index in [1.165, 1.54) is 5.56 Å². The van der Waals surface area contributed by atoms with E-state index >= 15 is 0 Å². The van der Waals surface area contributed by atoms with Crippen molar-refractivity contribution >= 4 is 22.4 Å². The topological polar surface area (TPSA) is 75.8 Å². The average molecular weight is 481 g/mol. The van der Waals surface area contributed by atoms with Crippen molar-refractivity contribution in [2.24, 2.45) is 7.05 Å². The molecule has 0 saturated carbocycles.